The largest absolute Gasteiger partial charge is 0.486 e. The van der Waals surface area contributed by atoms with Gasteiger partial charge in [0.25, 0.3) is 0 Å². The summed E-state index contributed by atoms with van der Waals surface area (Å²) in [5.74, 6) is 1.64. The van der Waals surface area contributed by atoms with Crippen LogP contribution in [0.5, 0.6) is 11.5 Å². The second-order valence-corrected chi connectivity index (χ2v) is 5.52. The third kappa shape index (κ3) is 2.38. The van der Waals surface area contributed by atoms with Crippen molar-refractivity contribution in [3.8, 4) is 17.2 Å². The first-order valence-electron chi connectivity index (χ1n) is 7.57. The van der Waals surface area contributed by atoms with Crippen molar-refractivity contribution < 1.29 is 9.47 Å². The predicted octanol–water partition coefficient (Wildman–Crippen LogP) is 2.46. The van der Waals surface area contributed by atoms with Crippen LogP contribution in [-0.4, -0.2) is 29.3 Å². The molecule has 1 fully saturated rings. The van der Waals surface area contributed by atoms with Gasteiger partial charge in [-0.15, -0.1) is 0 Å². The second kappa shape index (κ2) is 5.41. The molecule has 1 atom stereocenters. The highest BCUT2D eigenvalue weighted by molar-refractivity contribution is 5.50. The van der Waals surface area contributed by atoms with Gasteiger partial charge in [0.05, 0.1) is 23.9 Å². The van der Waals surface area contributed by atoms with Crippen molar-refractivity contribution in [2.75, 3.05) is 19.8 Å². The summed E-state index contributed by atoms with van der Waals surface area (Å²) in [6.45, 7) is 2.31. The lowest BCUT2D eigenvalue weighted by molar-refractivity contribution is 0.171. The molecule has 1 saturated heterocycles. The van der Waals surface area contributed by atoms with Crippen molar-refractivity contribution >= 4 is 0 Å². The number of hydrogen-bond acceptors (Lipinski definition) is 4. The predicted molar refractivity (Wildman–Crippen MR) is 79.1 cm³/mol. The van der Waals surface area contributed by atoms with Gasteiger partial charge in [0, 0.05) is 12.1 Å². The fraction of sp³-hybridized carbons (Fsp3) is 0.438. The van der Waals surface area contributed by atoms with Crippen molar-refractivity contribution in [2.45, 2.75) is 25.3 Å². The van der Waals surface area contributed by atoms with Gasteiger partial charge in [-0.25, -0.2) is 4.98 Å². The highest BCUT2D eigenvalue weighted by Gasteiger charge is 2.20. The Labute approximate surface area is 123 Å². The topological polar surface area (TPSA) is 48.3 Å². The summed E-state index contributed by atoms with van der Waals surface area (Å²) in [7, 11) is 0. The number of nitrogens with one attached hydrogen (secondary N) is 1. The van der Waals surface area contributed by atoms with Gasteiger partial charge in [-0.3, -0.25) is 0 Å². The molecule has 0 aliphatic carbocycles. The Morgan fingerprint density at radius 3 is 2.90 bits per heavy atom. The van der Waals surface area contributed by atoms with Crippen molar-refractivity contribution in [3.05, 3.63) is 36.4 Å². The molecule has 5 heteroatoms. The maximum Gasteiger partial charge on any atom is 0.163 e. The molecule has 0 saturated carbocycles. The van der Waals surface area contributed by atoms with Gasteiger partial charge in [-0.05, 0) is 31.5 Å². The smallest absolute Gasteiger partial charge is 0.163 e. The van der Waals surface area contributed by atoms with Gasteiger partial charge in [-0.2, -0.15) is 0 Å². The maximum absolute atomic E-state index is 5.67. The van der Waals surface area contributed by atoms with E-state index in [-0.39, 0.29) is 0 Å². The fourth-order valence-corrected chi connectivity index (χ4v) is 3.06. The minimum Gasteiger partial charge on any atom is -0.486 e. The molecule has 0 bridgehead atoms. The minimum atomic E-state index is 0.384. The molecule has 4 rings (SSSR count). The molecule has 1 aromatic carbocycles. The van der Waals surface area contributed by atoms with Crippen LogP contribution >= 0.6 is 0 Å². The number of benzene rings is 1. The van der Waals surface area contributed by atoms with Crippen LogP contribution in [0.4, 0.5) is 0 Å². The minimum absolute atomic E-state index is 0.384. The number of aromatic nitrogens is 2. The van der Waals surface area contributed by atoms with Gasteiger partial charge < -0.3 is 19.4 Å². The quantitative estimate of drug-likeness (QED) is 0.921. The monoisotopic (exact) mass is 285 g/mol. The maximum atomic E-state index is 5.67. The molecule has 1 N–H and O–H groups in total. The Balaban J connectivity index is 1.68. The standard InChI is InChI=1S/C16H19N3O2/c1-2-6-18-13(3-1)14-10-17-11-19(14)12-4-5-15-16(9-12)21-8-7-20-15/h4-5,9-11,13,18H,1-3,6-8H2. The third-order valence-electron chi connectivity index (χ3n) is 4.14. The van der Waals surface area contributed by atoms with Crippen LogP contribution in [0.1, 0.15) is 31.0 Å². The summed E-state index contributed by atoms with van der Waals surface area (Å²) in [6, 6.07) is 6.45. The van der Waals surface area contributed by atoms with Crippen molar-refractivity contribution in [1.29, 1.82) is 0 Å². The Bertz CT molecular complexity index is 632. The first-order chi connectivity index (χ1) is 10.4. The van der Waals surface area contributed by atoms with Crippen LogP contribution < -0.4 is 14.8 Å². The van der Waals surface area contributed by atoms with Gasteiger partial charge in [-0.1, -0.05) is 6.42 Å². The summed E-state index contributed by atoms with van der Waals surface area (Å²) < 4.78 is 13.4. The Morgan fingerprint density at radius 1 is 1.14 bits per heavy atom. The molecule has 1 aromatic heterocycles. The average Bonchev–Trinajstić information content (AvgIpc) is 3.05. The molecule has 0 spiro atoms. The molecule has 2 aromatic rings. The molecule has 3 heterocycles. The molecule has 21 heavy (non-hydrogen) atoms. The summed E-state index contributed by atoms with van der Waals surface area (Å²) in [6.07, 6.45) is 7.52. The van der Waals surface area contributed by atoms with Crippen molar-refractivity contribution in [2.24, 2.45) is 0 Å². The van der Waals surface area contributed by atoms with E-state index in [0.717, 1.165) is 30.2 Å². The van der Waals surface area contributed by atoms with Gasteiger partial charge in [0.2, 0.25) is 0 Å². The van der Waals surface area contributed by atoms with Crippen LogP contribution in [0.2, 0.25) is 0 Å². The lowest BCUT2D eigenvalue weighted by Crippen LogP contribution is -2.28. The van der Waals surface area contributed by atoms with Crippen LogP contribution in [-0.2, 0) is 0 Å². The van der Waals surface area contributed by atoms with Gasteiger partial charge in [0.1, 0.15) is 13.2 Å². The number of imidazole rings is 1. The van der Waals surface area contributed by atoms with Crippen LogP contribution in [0.25, 0.3) is 5.69 Å². The highest BCUT2D eigenvalue weighted by Crippen LogP contribution is 2.33. The van der Waals surface area contributed by atoms with E-state index in [1.54, 1.807) is 0 Å². The van der Waals surface area contributed by atoms with Gasteiger partial charge in [0.15, 0.2) is 11.5 Å². The molecule has 110 valence electrons. The first kappa shape index (κ1) is 12.7. The number of hydrogen-bond donors (Lipinski definition) is 1. The molecule has 2 aliphatic heterocycles. The molecule has 1 unspecified atom stereocenters. The van der Waals surface area contributed by atoms with Crippen LogP contribution in [0.3, 0.4) is 0 Å². The Hall–Kier alpha value is -2.01. The molecular formula is C16H19N3O2. The number of nitrogens with zero attached hydrogens (tertiary/aromatic N) is 2. The lowest BCUT2D eigenvalue weighted by Gasteiger charge is -2.25. The van der Waals surface area contributed by atoms with Crippen molar-refractivity contribution in [3.63, 3.8) is 0 Å². The zero-order chi connectivity index (χ0) is 14.1. The summed E-state index contributed by atoms with van der Waals surface area (Å²) in [5, 5.41) is 3.58. The zero-order valence-corrected chi connectivity index (χ0v) is 11.9. The fourth-order valence-electron chi connectivity index (χ4n) is 3.06. The van der Waals surface area contributed by atoms with Crippen LogP contribution in [0.15, 0.2) is 30.7 Å². The second-order valence-electron chi connectivity index (χ2n) is 5.52. The lowest BCUT2D eigenvalue weighted by atomic mass is 10.0. The highest BCUT2D eigenvalue weighted by atomic mass is 16.6. The van der Waals surface area contributed by atoms with E-state index in [2.05, 4.69) is 20.9 Å². The number of rotatable bonds is 2. The first-order valence-corrected chi connectivity index (χ1v) is 7.57. The Kier molecular flexibility index (Phi) is 3.27. The zero-order valence-electron chi connectivity index (χ0n) is 11.9. The van der Waals surface area contributed by atoms with E-state index >= 15 is 0 Å². The van der Waals surface area contributed by atoms with E-state index in [0.29, 0.717) is 19.3 Å². The van der Waals surface area contributed by atoms with Gasteiger partial charge >= 0.3 is 0 Å². The molecule has 0 radical (unpaired) electrons. The molecular weight excluding hydrogens is 266 g/mol. The SMILES string of the molecule is c1cc2c(cc1-n1cncc1C1CCCCN1)OCCO2. The molecule has 0 amide bonds. The van der Waals surface area contributed by atoms with Crippen LogP contribution in [0, 0.1) is 0 Å². The number of ether oxygens (including phenoxy) is 2. The summed E-state index contributed by atoms with van der Waals surface area (Å²) in [5.41, 5.74) is 2.28. The van der Waals surface area contributed by atoms with E-state index in [1.807, 2.05) is 24.7 Å². The summed E-state index contributed by atoms with van der Waals surface area (Å²) in [4.78, 5) is 4.34. The van der Waals surface area contributed by atoms with Crippen molar-refractivity contribution in [1.82, 2.24) is 14.9 Å². The number of piperidine rings is 1. The normalized spacial score (nSPS) is 21.2. The van der Waals surface area contributed by atoms with E-state index in [9.17, 15) is 0 Å². The third-order valence-corrected chi connectivity index (χ3v) is 4.14. The van der Waals surface area contributed by atoms with E-state index in [1.165, 1.54) is 18.5 Å². The van der Waals surface area contributed by atoms with E-state index < -0.39 is 0 Å². The van der Waals surface area contributed by atoms with E-state index in [4.69, 9.17) is 9.47 Å². The average molecular weight is 285 g/mol. The Morgan fingerprint density at radius 2 is 2.05 bits per heavy atom. The summed E-state index contributed by atoms with van der Waals surface area (Å²) >= 11 is 0. The number of fused-ring (bicyclic) bond motifs is 1. The molecule has 5 nitrogen and oxygen atoms in total. The molecule has 2 aliphatic rings.